The number of nitrogens with one attached hydrogen (secondary N) is 1. The summed E-state index contributed by atoms with van der Waals surface area (Å²) in [5, 5.41) is 8.85. The smallest absolute Gasteiger partial charge is 0.171 e. The second kappa shape index (κ2) is 3.40. The summed E-state index contributed by atoms with van der Waals surface area (Å²) in [6.07, 6.45) is 0. The van der Waals surface area contributed by atoms with E-state index in [0.717, 1.165) is 10.7 Å². The number of nitrogens with zero attached hydrogens (tertiary/aromatic N) is 2. The van der Waals surface area contributed by atoms with E-state index >= 15 is 0 Å². The summed E-state index contributed by atoms with van der Waals surface area (Å²) in [6, 6.07) is 0. The maximum atomic E-state index is 4.15. The Hall–Kier alpha value is -0.810. The Morgan fingerprint density at radius 2 is 1.86 bits per heavy atom. The maximum absolute atomic E-state index is 4.15. The Balaban J connectivity index is 2.57. The average molecular weight is 225 g/mol. The second-order valence-electron chi connectivity index (χ2n) is 3.26. The number of aromatic amines is 1. The molecule has 14 heavy (non-hydrogen) atoms. The van der Waals surface area contributed by atoms with Crippen molar-refractivity contribution in [1.82, 2.24) is 15.2 Å². The van der Waals surface area contributed by atoms with Crippen LogP contribution in [-0.2, 0) is 0 Å². The van der Waals surface area contributed by atoms with Gasteiger partial charge in [-0.15, -0.1) is 22.8 Å². The van der Waals surface area contributed by atoms with Gasteiger partial charge in [-0.25, -0.2) is 0 Å². The highest BCUT2D eigenvalue weighted by atomic mass is 32.2. The van der Waals surface area contributed by atoms with Gasteiger partial charge in [-0.2, -0.15) is 0 Å². The van der Waals surface area contributed by atoms with Crippen LogP contribution in [-0.4, -0.2) is 15.2 Å². The molecule has 0 fully saturated rings. The number of rotatable bonds is 1. The lowest BCUT2D eigenvalue weighted by Gasteiger charge is -1.92. The number of hydrogen-bond donors (Lipinski definition) is 2. The summed E-state index contributed by atoms with van der Waals surface area (Å²) in [5.74, 6) is 0. The number of thiol groups is 1. The Kier molecular flexibility index (Phi) is 2.36. The zero-order valence-corrected chi connectivity index (χ0v) is 9.96. The molecule has 0 aromatic carbocycles. The molecule has 0 radical (unpaired) electrons. The Morgan fingerprint density at radius 3 is 2.29 bits per heavy atom. The predicted octanol–water partition coefficient (Wildman–Crippen LogP) is 2.75. The summed E-state index contributed by atoms with van der Waals surface area (Å²) in [5.41, 5.74) is 4.79. The van der Waals surface area contributed by atoms with Crippen molar-refractivity contribution in [3.63, 3.8) is 0 Å². The molecule has 2 aromatic rings. The highest BCUT2D eigenvalue weighted by molar-refractivity contribution is 7.82. The van der Waals surface area contributed by atoms with Gasteiger partial charge >= 0.3 is 0 Å². The molecule has 0 aliphatic carbocycles. The molecule has 2 heterocycles. The van der Waals surface area contributed by atoms with Gasteiger partial charge in [-0.1, -0.05) is 11.3 Å². The quantitative estimate of drug-likeness (QED) is 0.733. The highest BCUT2D eigenvalue weighted by Crippen LogP contribution is 2.29. The maximum Gasteiger partial charge on any atom is 0.171 e. The SMILES string of the molecule is Cc1[nH]c(-c2nnc(S)s2)c(C)c1C. The lowest BCUT2D eigenvalue weighted by atomic mass is 10.1. The van der Waals surface area contributed by atoms with Crippen LogP contribution in [0.4, 0.5) is 0 Å². The van der Waals surface area contributed by atoms with Crippen molar-refractivity contribution < 1.29 is 0 Å². The molecule has 0 atom stereocenters. The first-order valence-corrected chi connectivity index (χ1v) is 5.54. The minimum atomic E-state index is 0.698. The van der Waals surface area contributed by atoms with Crippen LogP contribution in [0.15, 0.2) is 4.34 Å². The zero-order chi connectivity index (χ0) is 10.3. The number of aryl methyl sites for hydroxylation is 1. The summed E-state index contributed by atoms with van der Waals surface area (Å²) in [6.45, 7) is 6.26. The molecule has 5 heteroatoms. The molecule has 3 nitrogen and oxygen atoms in total. The standard InChI is InChI=1S/C9H11N3S2/c1-4-5(2)7(10-6(4)3)8-11-12-9(13)14-8/h10H,1-3H3,(H,12,13). The van der Waals surface area contributed by atoms with Crippen LogP contribution in [0.25, 0.3) is 10.7 Å². The molecule has 2 aromatic heterocycles. The first-order chi connectivity index (χ1) is 6.59. The molecule has 0 unspecified atom stereocenters. The zero-order valence-electron chi connectivity index (χ0n) is 8.25. The van der Waals surface area contributed by atoms with Gasteiger partial charge in [-0.3, -0.25) is 0 Å². The largest absolute Gasteiger partial charge is 0.356 e. The van der Waals surface area contributed by atoms with Crippen LogP contribution in [0, 0.1) is 20.8 Å². The fourth-order valence-corrected chi connectivity index (χ4v) is 2.32. The number of aromatic nitrogens is 3. The normalized spacial score (nSPS) is 10.9. The van der Waals surface area contributed by atoms with Gasteiger partial charge in [0.15, 0.2) is 9.35 Å². The molecule has 1 N–H and O–H groups in total. The first kappa shape index (κ1) is 9.73. The summed E-state index contributed by atoms with van der Waals surface area (Å²) in [7, 11) is 0. The van der Waals surface area contributed by atoms with Gasteiger partial charge < -0.3 is 4.98 Å². The minimum absolute atomic E-state index is 0.698. The fourth-order valence-electron chi connectivity index (χ4n) is 1.37. The van der Waals surface area contributed by atoms with Crippen molar-refractivity contribution in [2.75, 3.05) is 0 Å². The van der Waals surface area contributed by atoms with E-state index in [1.807, 2.05) is 0 Å². The first-order valence-electron chi connectivity index (χ1n) is 4.28. The van der Waals surface area contributed by atoms with Gasteiger partial charge in [0.2, 0.25) is 0 Å². The van der Waals surface area contributed by atoms with E-state index in [2.05, 4.69) is 48.6 Å². The van der Waals surface area contributed by atoms with Gasteiger partial charge in [0.25, 0.3) is 0 Å². The minimum Gasteiger partial charge on any atom is -0.356 e. The van der Waals surface area contributed by atoms with Gasteiger partial charge in [0.1, 0.15) is 0 Å². The molecule has 2 rings (SSSR count). The molecule has 0 aliphatic rings. The Labute approximate surface area is 92.0 Å². The van der Waals surface area contributed by atoms with Gasteiger partial charge in [0, 0.05) is 5.69 Å². The lowest BCUT2D eigenvalue weighted by Crippen LogP contribution is -1.79. The molecule has 0 spiro atoms. The summed E-state index contributed by atoms with van der Waals surface area (Å²) in [4.78, 5) is 3.32. The molecular formula is C9H11N3S2. The molecule has 0 amide bonds. The third-order valence-electron chi connectivity index (χ3n) is 2.44. The van der Waals surface area contributed by atoms with Crippen molar-refractivity contribution >= 4 is 24.0 Å². The van der Waals surface area contributed by atoms with E-state index in [1.54, 1.807) is 0 Å². The van der Waals surface area contributed by atoms with Crippen molar-refractivity contribution in [3.8, 4) is 10.7 Å². The monoisotopic (exact) mass is 225 g/mol. The fraction of sp³-hybridized carbons (Fsp3) is 0.333. The Bertz CT molecular complexity index is 470. The van der Waals surface area contributed by atoms with E-state index < -0.39 is 0 Å². The van der Waals surface area contributed by atoms with E-state index in [9.17, 15) is 0 Å². The van der Waals surface area contributed by atoms with Crippen molar-refractivity contribution in [2.24, 2.45) is 0 Å². The Morgan fingerprint density at radius 1 is 1.14 bits per heavy atom. The van der Waals surface area contributed by atoms with E-state index in [-0.39, 0.29) is 0 Å². The molecule has 0 bridgehead atoms. The highest BCUT2D eigenvalue weighted by Gasteiger charge is 2.12. The number of H-pyrrole nitrogens is 1. The van der Waals surface area contributed by atoms with Crippen LogP contribution < -0.4 is 0 Å². The van der Waals surface area contributed by atoms with Crippen LogP contribution >= 0.6 is 24.0 Å². The topological polar surface area (TPSA) is 41.6 Å². The van der Waals surface area contributed by atoms with Crippen LogP contribution in [0.1, 0.15) is 16.8 Å². The molecule has 0 aliphatic heterocycles. The van der Waals surface area contributed by atoms with Gasteiger partial charge in [-0.05, 0) is 31.9 Å². The molecule has 0 saturated carbocycles. The summed E-state index contributed by atoms with van der Waals surface area (Å²) < 4.78 is 0.698. The van der Waals surface area contributed by atoms with Crippen molar-refractivity contribution in [1.29, 1.82) is 0 Å². The van der Waals surface area contributed by atoms with E-state index in [1.165, 1.54) is 28.2 Å². The molecular weight excluding hydrogens is 214 g/mol. The third kappa shape index (κ3) is 1.46. The lowest BCUT2D eigenvalue weighted by molar-refractivity contribution is 1.01. The van der Waals surface area contributed by atoms with Crippen molar-refractivity contribution in [2.45, 2.75) is 25.1 Å². The van der Waals surface area contributed by atoms with Crippen molar-refractivity contribution in [3.05, 3.63) is 16.8 Å². The predicted molar refractivity (Wildman–Crippen MR) is 61.2 cm³/mol. The van der Waals surface area contributed by atoms with E-state index in [4.69, 9.17) is 0 Å². The number of hydrogen-bond acceptors (Lipinski definition) is 4. The van der Waals surface area contributed by atoms with Gasteiger partial charge in [0.05, 0.1) is 5.69 Å². The van der Waals surface area contributed by atoms with Crippen LogP contribution in [0.5, 0.6) is 0 Å². The molecule has 74 valence electrons. The van der Waals surface area contributed by atoms with Crippen LogP contribution in [0.3, 0.4) is 0 Å². The van der Waals surface area contributed by atoms with Crippen LogP contribution in [0.2, 0.25) is 0 Å². The average Bonchev–Trinajstić information content (AvgIpc) is 2.66. The molecule has 0 saturated heterocycles. The third-order valence-corrected chi connectivity index (χ3v) is 3.55. The van der Waals surface area contributed by atoms with E-state index in [0.29, 0.717) is 4.34 Å². The second-order valence-corrected chi connectivity index (χ2v) is 4.97. The summed E-state index contributed by atoms with van der Waals surface area (Å²) >= 11 is 5.64.